The number of fused-ring (bicyclic) bond motifs is 1. The van der Waals surface area contributed by atoms with Crippen LogP contribution < -0.4 is 5.56 Å². The summed E-state index contributed by atoms with van der Waals surface area (Å²) in [7, 11) is -2.17. The molecule has 0 atom stereocenters. The Labute approximate surface area is 204 Å². The first kappa shape index (κ1) is 25.0. The van der Waals surface area contributed by atoms with Crippen LogP contribution in [0.4, 0.5) is 0 Å². The molecule has 0 bridgehead atoms. The van der Waals surface area contributed by atoms with Crippen molar-refractivity contribution in [2.45, 2.75) is 37.6 Å². The Balaban J connectivity index is 1.65. The number of amides is 1. The highest BCUT2D eigenvalue weighted by molar-refractivity contribution is 7.89. The third-order valence-electron chi connectivity index (χ3n) is 6.22. The molecule has 35 heavy (non-hydrogen) atoms. The number of hydrogen-bond acceptors (Lipinski definition) is 6. The summed E-state index contributed by atoms with van der Waals surface area (Å²) >= 11 is 0. The van der Waals surface area contributed by atoms with Crippen molar-refractivity contribution in [3.8, 4) is 0 Å². The van der Waals surface area contributed by atoms with Gasteiger partial charge in [-0.15, -0.1) is 0 Å². The molecule has 1 aliphatic heterocycles. The van der Waals surface area contributed by atoms with E-state index in [2.05, 4.69) is 9.97 Å². The van der Waals surface area contributed by atoms with Crippen molar-refractivity contribution in [3.05, 3.63) is 69.8 Å². The molecule has 1 saturated heterocycles. The molecule has 3 aromatic rings. The fourth-order valence-electron chi connectivity index (χ4n) is 4.28. The van der Waals surface area contributed by atoms with Crippen LogP contribution in [0.15, 0.2) is 52.2 Å². The molecule has 0 radical (unpaired) electrons. The summed E-state index contributed by atoms with van der Waals surface area (Å²) in [5.41, 5.74) is 1.10. The molecule has 1 aromatic heterocycles. The molecule has 2 aromatic carbocycles. The summed E-state index contributed by atoms with van der Waals surface area (Å²) in [6.07, 6.45) is 2.68. The molecule has 0 aliphatic carbocycles. The molecule has 0 saturated carbocycles. The number of aryl methyl sites for hydroxylation is 1. The number of H-pyrrole nitrogens is 1. The lowest BCUT2D eigenvalue weighted by Gasteiger charge is -2.27. The first-order chi connectivity index (χ1) is 16.8. The van der Waals surface area contributed by atoms with Gasteiger partial charge in [-0.25, -0.2) is 13.4 Å². The topological polar surface area (TPSA) is 113 Å². The van der Waals surface area contributed by atoms with Crippen LogP contribution in [-0.2, 0) is 21.3 Å². The van der Waals surface area contributed by atoms with Crippen molar-refractivity contribution in [1.82, 2.24) is 19.2 Å². The lowest BCUT2D eigenvalue weighted by atomic mass is 10.1. The zero-order valence-corrected chi connectivity index (χ0v) is 20.8. The fourth-order valence-corrected chi connectivity index (χ4v) is 6.05. The lowest BCUT2D eigenvalue weighted by Crippen LogP contribution is -2.37. The molecule has 1 fully saturated rings. The van der Waals surface area contributed by atoms with Crippen LogP contribution in [0.25, 0.3) is 10.9 Å². The van der Waals surface area contributed by atoms with Gasteiger partial charge in [-0.2, -0.15) is 4.31 Å². The first-order valence-corrected chi connectivity index (χ1v) is 13.1. The molecule has 9 nitrogen and oxygen atoms in total. The predicted molar refractivity (Wildman–Crippen MR) is 133 cm³/mol. The van der Waals surface area contributed by atoms with Crippen molar-refractivity contribution in [2.24, 2.45) is 0 Å². The SMILES string of the molecule is COCCN(Cc1nc2ccccc2c(=O)[nH]1)C(=O)c1ccc(C)c(S(=O)(=O)N2CCCCC2)c1. The Morgan fingerprint density at radius 3 is 2.63 bits per heavy atom. The number of para-hydroxylation sites is 1. The summed E-state index contributed by atoms with van der Waals surface area (Å²) in [6, 6.07) is 11.7. The number of nitrogens with one attached hydrogen (secondary N) is 1. The van der Waals surface area contributed by atoms with Gasteiger partial charge in [-0.3, -0.25) is 9.59 Å². The van der Waals surface area contributed by atoms with Crippen LogP contribution in [0.5, 0.6) is 0 Å². The zero-order chi connectivity index (χ0) is 25.0. The number of nitrogens with zero attached hydrogens (tertiary/aromatic N) is 3. The first-order valence-electron chi connectivity index (χ1n) is 11.7. The maximum atomic E-state index is 13.5. The largest absolute Gasteiger partial charge is 0.383 e. The molecular formula is C25H30N4O5S. The van der Waals surface area contributed by atoms with E-state index in [4.69, 9.17) is 4.74 Å². The van der Waals surface area contributed by atoms with Crippen LogP contribution in [0.3, 0.4) is 0 Å². The quantitative estimate of drug-likeness (QED) is 0.511. The third kappa shape index (κ3) is 5.44. The number of hydrogen-bond donors (Lipinski definition) is 1. The predicted octanol–water partition coefficient (Wildman–Crippen LogP) is 2.69. The highest BCUT2D eigenvalue weighted by atomic mass is 32.2. The molecule has 10 heteroatoms. The van der Waals surface area contributed by atoms with Crippen LogP contribution in [0, 0.1) is 6.92 Å². The number of sulfonamides is 1. The van der Waals surface area contributed by atoms with Crippen molar-refractivity contribution in [1.29, 1.82) is 0 Å². The van der Waals surface area contributed by atoms with Crippen LogP contribution in [0.2, 0.25) is 0 Å². The maximum absolute atomic E-state index is 13.5. The number of carbonyl (C=O) groups excluding carboxylic acids is 1. The van der Waals surface area contributed by atoms with Gasteiger partial charge in [0.2, 0.25) is 10.0 Å². The normalized spacial score (nSPS) is 14.8. The minimum absolute atomic E-state index is 0.0460. The van der Waals surface area contributed by atoms with Gasteiger partial charge < -0.3 is 14.6 Å². The van der Waals surface area contributed by atoms with Gasteiger partial charge in [0.1, 0.15) is 5.82 Å². The second kappa shape index (κ2) is 10.7. The van der Waals surface area contributed by atoms with E-state index in [1.807, 2.05) is 0 Å². The van der Waals surface area contributed by atoms with Crippen molar-refractivity contribution in [3.63, 3.8) is 0 Å². The Kier molecular flexibility index (Phi) is 7.63. The third-order valence-corrected chi connectivity index (χ3v) is 8.26. The van der Waals surface area contributed by atoms with Crippen molar-refractivity contribution < 1.29 is 17.9 Å². The standard InChI is InChI=1S/C25H30N4O5S/c1-18-10-11-19(16-22(18)35(32,33)29-12-6-3-7-13-29)25(31)28(14-15-34-2)17-23-26-21-9-5-4-8-20(21)24(30)27-23/h4-5,8-11,16H,3,6-7,12-15,17H2,1-2H3,(H,26,27,30). The van der Waals surface area contributed by atoms with E-state index < -0.39 is 10.0 Å². The average Bonchev–Trinajstić information content (AvgIpc) is 2.87. The van der Waals surface area contributed by atoms with E-state index in [9.17, 15) is 18.0 Å². The van der Waals surface area contributed by atoms with Gasteiger partial charge in [0, 0.05) is 32.3 Å². The number of carbonyl (C=O) groups is 1. The van der Waals surface area contributed by atoms with E-state index >= 15 is 0 Å². The van der Waals surface area contributed by atoms with Gasteiger partial charge in [0.15, 0.2) is 0 Å². The molecule has 1 aliphatic rings. The number of rotatable bonds is 8. The number of ether oxygens (including phenoxy) is 1. The maximum Gasteiger partial charge on any atom is 0.258 e. The van der Waals surface area contributed by atoms with Crippen LogP contribution >= 0.6 is 0 Å². The summed E-state index contributed by atoms with van der Waals surface area (Å²) in [5.74, 6) is -0.0284. The summed E-state index contributed by atoms with van der Waals surface area (Å²) in [6.45, 7) is 3.27. The number of benzene rings is 2. The molecule has 1 amide bonds. The Morgan fingerprint density at radius 1 is 1.14 bits per heavy atom. The monoisotopic (exact) mass is 498 g/mol. The molecule has 0 unspecified atom stereocenters. The molecule has 4 rings (SSSR count). The number of methoxy groups -OCH3 is 1. The summed E-state index contributed by atoms with van der Waals surface area (Å²) < 4.78 is 33.3. The lowest BCUT2D eigenvalue weighted by molar-refractivity contribution is 0.0675. The molecule has 186 valence electrons. The highest BCUT2D eigenvalue weighted by Crippen LogP contribution is 2.25. The summed E-state index contributed by atoms with van der Waals surface area (Å²) in [4.78, 5) is 34.9. The minimum Gasteiger partial charge on any atom is -0.383 e. The highest BCUT2D eigenvalue weighted by Gasteiger charge is 2.29. The number of aromatic amines is 1. The smallest absolute Gasteiger partial charge is 0.258 e. The summed E-state index contributed by atoms with van der Waals surface area (Å²) in [5, 5.41) is 0.470. The minimum atomic E-state index is -3.70. The van der Waals surface area contributed by atoms with E-state index in [0.29, 0.717) is 35.4 Å². The number of aromatic nitrogens is 2. The van der Waals surface area contributed by atoms with E-state index in [0.717, 1.165) is 19.3 Å². The van der Waals surface area contributed by atoms with E-state index in [-0.39, 0.29) is 41.6 Å². The molecular weight excluding hydrogens is 468 g/mol. The Bertz CT molecular complexity index is 1380. The van der Waals surface area contributed by atoms with Gasteiger partial charge in [-0.1, -0.05) is 24.6 Å². The van der Waals surface area contributed by atoms with Gasteiger partial charge in [0.25, 0.3) is 11.5 Å². The van der Waals surface area contributed by atoms with Crippen LogP contribution in [0.1, 0.15) is 41.0 Å². The van der Waals surface area contributed by atoms with Crippen molar-refractivity contribution >= 4 is 26.8 Å². The van der Waals surface area contributed by atoms with Gasteiger partial charge >= 0.3 is 0 Å². The van der Waals surface area contributed by atoms with Gasteiger partial charge in [-0.05, 0) is 49.6 Å². The number of piperidine rings is 1. The second-order valence-electron chi connectivity index (χ2n) is 8.69. The Morgan fingerprint density at radius 2 is 1.89 bits per heavy atom. The molecule has 0 spiro atoms. The fraction of sp³-hybridized carbons (Fsp3) is 0.400. The zero-order valence-electron chi connectivity index (χ0n) is 20.0. The van der Waals surface area contributed by atoms with Gasteiger partial charge in [0.05, 0.1) is 29.0 Å². The average molecular weight is 499 g/mol. The second-order valence-corrected chi connectivity index (χ2v) is 10.6. The van der Waals surface area contributed by atoms with E-state index in [1.54, 1.807) is 43.3 Å². The molecule has 1 N–H and O–H groups in total. The van der Waals surface area contributed by atoms with Crippen molar-refractivity contribution in [2.75, 3.05) is 33.4 Å². The molecule has 2 heterocycles. The van der Waals surface area contributed by atoms with Crippen LogP contribution in [-0.4, -0.2) is 66.8 Å². The van der Waals surface area contributed by atoms with E-state index in [1.165, 1.54) is 22.4 Å². The Hall–Kier alpha value is -3.08.